The maximum Gasteiger partial charge on any atom is 0.137 e. The Labute approximate surface area is 135 Å². The lowest BCUT2D eigenvalue weighted by Gasteiger charge is -2.19. The highest BCUT2D eigenvalue weighted by Gasteiger charge is 2.31. The number of imidazole rings is 1. The molecule has 0 saturated carbocycles. The number of rotatable bonds is 4. The van der Waals surface area contributed by atoms with E-state index in [0.29, 0.717) is 0 Å². The summed E-state index contributed by atoms with van der Waals surface area (Å²) >= 11 is 0. The second kappa shape index (κ2) is 5.79. The second-order valence-corrected chi connectivity index (χ2v) is 6.15. The van der Waals surface area contributed by atoms with Gasteiger partial charge in [-0.1, -0.05) is 6.07 Å². The van der Waals surface area contributed by atoms with Crippen LogP contribution in [0.1, 0.15) is 29.5 Å². The minimum atomic E-state index is 0.0572. The molecule has 1 N–H and O–H groups in total. The van der Waals surface area contributed by atoms with E-state index in [0.717, 1.165) is 36.6 Å². The standard InChI is InChI=1S/C17H21N5O/c1-12-3-4-16-20-13(11-22(16)10-12)9-18-14-6-8-23-17(14)15-5-7-19-21(15)2/h3-5,7,10-11,14,17-18H,6,8-9H2,1-2H3/t14-,17-/m0/s1. The van der Waals surface area contributed by atoms with Crippen LogP contribution < -0.4 is 5.32 Å². The van der Waals surface area contributed by atoms with Crippen LogP contribution in [0.4, 0.5) is 0 Å². The molecule has 4 heterocycles. The molecule has 23 heavy (non-hydrogen) atoms. The lowest BCUT2D eigenvalue weighted by Crippen LogP contribution is -2.32. The summed E-state index contributed by atoms with van der Waals surface area (Å²) in [6, 6.07) is 6.45. The van der Waals surface area contributed by atoms with Gasteiger partial charge < -0.3 is 14.5 Å². The fourth-order valence-corrected chi connectivity index (χ4v) is 3.23. The molecule has 2 atom stereocenters. The highest BCUT2D eigenvalue weighted by atomic mass is 16.5. The van der Waals surface area contributed by atoms with Crippen LogP contribution in [0.15, 0.2) is 36.8 Å². The molecular weight excluding hydrogens is 290 g/mol. The molecule has 0 radical (unpaired) electrons. The number of nitrogens with zero attached hydrogens (tertiary/aromatic N) is 4. The molecule has 3 aromatic heterocycles. The zero-order valence-corrected chi connectivity index (χ0v) is 13.4. The van der Waals surface area contributed by atoms with Crippen LogP contribution in [-0.2, 0) is 18.3 Å². The van der Waals surface area contributed by atoms with Crippen molar-refractivity contribution in [3.63, 3.8) is 0 Å². The Kier molecular flexibility index (Phi) is 3.63. The molecule has 0 unspecified atom stereocenters. The molecule has 0 bridgehead atoms. The Morgan fingerprint density at radius 3 is 3.04 bits per heavy atom. The van der Waals surface area contributed by atoms with Crippen molar-refractivity contribution < 1.29 is 4.74 Å². The number of aromatic nitrogens is 4. The maximum atomic E-state index is 5.90. The largest absolute Gasteiger partial charge is 0.370 e. The molecule has 0 aliphatic carbocycles. The van der Waals surface area contributed by atoms with Crippen LogP contribution in [0, 0.1) is 6.92 Å². The van der Waals surface area contributed by atoms with Gasteiger partial charge in [0.05, 0.1) is 11.4 Å². The van der Waals surface area contributed by atoms with E-state index < -0.39 is 0 Å². The summed E-state index contributed by atoms with van der Waals surface area (Å²) in [6.45, 7) is 3.60. The van der Waals surface area contributed by atoms with E-state index in [4.69, 9.17) is 4.74 Å². The lowest BCUT2D eigenvalue weighted by molar-refractivity contribution is 0.0919. The Morgan fingerprint density at radius 2 is 2.22 bits per heavy atom. The van der Waals surface area contributed by atoms with E-state index in [1.54, 1.807) is 0 Å². The zero-order chi connectivity index (χ0) is 15.8. The number of hydrogen-bond acceptors (Lipinski definition) is 4. The first kappa shape index (κ1) is 14.4. The fraction of sp³-hybridized carbons (Fsp3) is 0.412. The second-order valence-electron chi connectivity index (χ2n) is 6.15. The Hall–Kier alpha value is -2.18. The molecule has 1 aliphatic rings. The Morgan fingerprint density at radius 1 is 1.30 bits per heavy atom. The third-order valence-corrected chi connectivity index (χ3v) is 4.44. The van der Waals surface area contributed by atoms with Gasteiger partial charge in [-0.2, -0.15) is 5.10 Å². The molecule has 1 fully saturated rings. The van der Waals surface area contributed by atoms with Gasteiger partial charge in [0.25, 0.3) is 0 Å². The third kappa shape index (κ3) is 2.75. The minimum Gasteiger partial charge on any atom is -0.370 e. The average Bonchev–Trinajstić information content (AvgIpc) is 3.23. The van der Waals surface area contributed by atoms with Gasteiger partial charge in [0.2, 0.25) is 0 Å². The quantitative estimate of drug-likeness (QED) is 0.800. The minimum absolute atomic E-state index is 0.0572. The van der Waals surface area contributed by atoms with Crippen molar-refractivity contribution in [2.45, 2.75) is 32.0 Å². The van der Waals surface area contributed by atoms with Gasteiger partial charge in [-0.3, -0.25) is 4.68 Å². The van der Waals surface area contributed by atoms with Crippen LogP contribution in [0.5, 0.6) is 0 Å². The SMILES string of the molecule is Cc1ccc2nc(CN[C@H]3CCO[C@@H]3c3ccnn3C)cn2c1. The van der Waals surface area contributed by atoms with Gasteiger partial charge in [0.1, 0.15) is 11.8 Å². The molecular formula is C17H21N5O. The zero-order valence-electron chi connectivity index (χ0n) is 13.4. The third-order valence-electron chi connectivity index (χ3n) is 4.44. The van der Waals surface area contributed by atoms with Crippen molar-refractivity contribution in [1.82, 2.24) is 24.5 Å². The highest BCUT2D eigenvalue weighted by molar-refractivity contribution is 5.41. The summed E-state index contributed by atoms with van der Waals surface area (Å²) in [4.78, 5) is 4.66. The first-order valence-electron chi connectivity index (χ1n) is 7.98. The van der Waals surface area contributed by atoms with Gasteiger partial charge in [0, 0.05) is 44.8 Å². The van der Waals surface area contributed by atoms with Gasteiger partial charge in [-0.25, -0.2) is 4.98 Å². The molecule has 1 saturated heterocycles. The van der Waals surface area contributed by atoms with Crippen LogP contribution in [-0.4, -0.2) is 31.8 Å². The van der Waals surface area contributed by atoms with E-state index in [9.17, 15) is 0 Å². The fourth-order valence-electron chi connectivity index (χ4n) is 3.23. The number of pyridine rings is 1. The highest BCUT2D eigenvalue weighted by Crippen LogP contribution is 2.28. The van der Waals surface area contributed by atoms with Crippen molar-refractivity contribution >= 4 is 5.65 Å². The summed E-state index contributed by atoms with van der Waals surface area (Å²) < 4.78 is 9.87. The van der Waals surface area contributed by atoms with E-state index in [2.05, 4.69) is 51.3 Å². The predicted octanol–water partition coefficient (Wildman–Crippen LogP) is 2.00. The molecule has 3 aromatic rings. The van der Waals surface area contributed by atoms with E-state index in [1.807, 2.05) is 24.0 Å². The van der Waals surface area contributed by atoms with Crippen molar-refractivity contribution in [2.24, 2.45) is 7.05 Å². The molecule has 0 amide bonds. The summed E-state index contributed by atoms with van der Waals surface area (Å²) in [5.41, 5.74) is 4.38. The topological polar surface area (TPSA) is 56.4 Å². The molecule has 120 valence electrons. The van der Waals surface area contributed by atoms with Gasteiger partial charge in [0.15, 0.2) is 0 Å². The number of ether oxygens (including phenoxy) is 1. The van der Waals surface area contributed by atoms with Crippen molar-refractivity contribution in [1.29, 1.82) is 0 Å². The molecule has 4 rings (SSSR count). The van der Waals surface area contributed by atoms with Crippen molar-refractivity contribution in [3.8, 4) is 0 Å². The maximum absolute atomic E-state index is 5.90. The molecule has 0 aromatic carbocycles. The monoisotopic (exact) mass is 311 g/mol. The summed E-state index contributed by atoms with van der Waals surface area (Å²) in [7, 11) is 1.96. The Bertz CT molecular complexity index is 821. The molecule has 6 nitrogen and oxygen atoms in total. The van der Waals surface area contributed by atoms with Gasteiger partial charge in [-0.05, 0) is 31.0 Å². The van der Waals surface area contributed by atoms with Crippen LogP contribution in [0.2, 0.25) is 0 Å². The molecule has 6 heteroatoms. The van der Waals surface area contributed by atoms with Gasteiger partial charge >= 0.3 is 0 Å². The van der Waals surface area contributed by atoms with Crippen LogP contribution in [0.25, 0.3) is 5.65 Å². The molecule has 0 spiro atoms. The first-order chi connectivity index (χ1) is 11.2. The average molecular weight is 311 g/mol. The van der Waals surface area contributed by atoms with Crippen LogP contribution >= 0.6 is 0 Å². The van der Waals surface area contributed by atoms with Crippen molar-refractivity contribution in [2.75, 3.05) is 6.61 Å². The number of aryl methyl sites for hydroxylation is 2. The van der Waals surface area contributed by atoms with Crippen molar-refractivity contribution in [3.05, 3.63) is 53.7 Å². The predicted molar refractivity (Wildman–Crippen MR) is 87.1 cm³/mol. The number of nitrogens with one attached hydrogen (secondary N) is 1. The lowest BCUT2D eigenvalue weighted by atomic mass is 10.1. The van der Waals surface area contributed by atoms with Gasteiger partial charge in [-0.15, -0.1) is 0 Å². The van der Waals surface area contributed by atoms with E-state index >= 15 is 0 Å². The summed E-state index contributed by atoms with van der Waals surface area (Å²) in [6.07, 6.45) is 7.07. The van der Waals surface area contributed by atoms with Crippen LogP contribution in [0.3, 0.4) is 0 Å². The number of fused-ring (bicyclic) bond motifs is 1. The Balaban J connectivity index is 1.48. The summed E-state index contributed by atoms with van der Waals surface area (Å²) in [5, 5.41) is 7.84. The first-order valence-corrected chi connectivity index (χ1v) is 7.98. The number of hydrogen-bond donors (Lipinski definition) is 1. The van der Waals surface area contributed by atoms with E-state index in [-0.39, 0.29) is 12.1 Å². The smallest absolute Gasteiger partial charge is 0.137 e. The molecule has 1 aliphatic heterocycles. The summed E-state index contributed by atoms with van der Waals surface area (Å²) in [5.74, 6) is 0. The van der Waals surface area contributed by atoms with E-state index in [1.165, 1.54) is 5.56 Å². The normalized spacial score (nSPS) is 21.3.